The topological polar surface area (TPSA) is 66.8 Å². The Morgan fingerprint density at radius 3 is 2.38 bits per heavy atom. The van der Waals surface area contributed by atoms with Crippen molar-refractivity contribution < 1.29 is 19.4 Å². The number of carboxylic acids is 1. The lowest BCUT2D eigenvalue weighted by atomic mass is 10.1. The number of ether oxygens (including phenoxy) is 1. The molecular weight excluding hydrogens is 326 g/mol. The minimum Gasteiger partial charge on any atom is -0.497 e. The fourth-order valence-electron chi connectivity index (χ4n) is 2.42. The van der Waals surface area contributed by atoms with E-state index >= 15 is 0 Å². The van der Waals surface area contributed by atoms with Crippen LogP contribution in [0.2, 0.25) is 0 Å². The summed E-state index contributed by atoms with van der Waals surface area (Å²) in [5.74, 6) is -0.489. The number of benzene rings is 1. The summed E-state index contributed by atoms with van der Waals surface area (Å²) in [7, 11) is 1.62. The van der Waals surface area contributed by atoms with E-state index in [0.29, 0.717) is 4.88 Å². The number of carbonyl (C=O) groups is 2. The minimum absolute atomic E-state index is 0.180. The van der Waals surface area contributed by atoms with Crippen molar-refractivity contribution in [2.75, 3.05) is 13.7 Å². The van der Waals surface area contributed by atoms with Crippen LogP contribution in [-0.4, -0.2) is 41.6 Å². The van der Waals surface area contributed by atoms with Gasteiger partial charge in [0, 0.05) is 10.9 Å². The van der Waals surface area contributed by atoms with E-state index < -0.39 is 5.97 Å². The lowest BCUT2D eigenvalue weighted by Gasteiger charge is -2.24. The lowest BCUT2D eigenvalue weighted by molar-refractivity contribution is -0.138. The summed E-state index contributed by atoms with van der Waals surface area (Å²) in [6.07, 6.45) is 0. The van der Waals surface area contributed by atoms with Gasteiger partial charge in [-0.3, -0.25) is 9.59 Å². The van der Waals surface area contributed by atoms with Crippen LogP contribution < -0.4 is 4.74 Å². The molecule has 0 saturated heterocycles. The van der Waals surface area contributed by atoms with E-state index in [4.69, 9.17) is 9.84 Å². The van der Waals surface area contributed by atoms with Gasteiger partial charge in [0.05, 0.1) is 12.0 Å². The van der Waals surface area contributed by atoms with Crippen LogP contribution in [0.1, 0.15) is 28.4 Å². The zero-order valence-electron chi connectivity index (χ0n) is 14.2. The van der Waals surface area contributed by atoms with Gasteiger partial charge in [0.15, 0.2) is 0 Å². The highest BCUT2D eigenvalue weighted by molar-refractivity contribution is 7.14. The van der Waals surface area contributed by atoms with Crippen molar-refractivity contribution in [2.24, 2.45) is 0 Å². The lowest BCUT2D eigenvalue weighted by Crippen LogP contribution is -2.40. The molecule has 1 amide bonds. The molecule has 0 aliphatic carbocycles. The third kappa shape index (κ3) is 3.94. The van der Waals surface area contributed by atoms with E-state index in [1.165, 1.54) is 16.2 Å². The minimum atomic E-state index is -1.01. The molecule has 5 nitrogen and oxygen atoms in total. The van der Waals surface area contributed by atoms with Gasteiger partial charge in [0.25, 0.3) is 5.91 Å². The number of aliphatic carboxylic acids is 1. The van der Waals surface area contributed by atoms with Crippen molar-refractivity contribution in [2.45, 2.75) is 26.8 Å². The zero-order valence-corrected chi connectivity index (χ0v) is 15.0. The Balaban J connectivity index is 2.32. The Hall–Kier alpha value is -2.34. The summed E-state index contributed by atoms with van der Waals surface area (Å²) in [5, 5.41) is 9.01. The second-order valence-corrected chi connectivity index (χ2v) is 6.99. The van der Waals surface area contributed by atoms with Crippen molar-refractivity contribution in [3.05, 3.63) is 40.1 Å². The molecule has 2 rings (SSSR count). The third-order valence-corrected chi connectivity index (χ3v) is 4.76. The zero-order chi connectivity index (χ0) is 17.9. The average molecular weight is 347 g/mol. The first kappa shape index (κ1) is 18.0. The normalized spacial score (nSPS) is 10.7. The van der Waals surface area contributed by atoms with Crippen LogP contribution in [0.4, 0.5) is 0 Å². The van der Waals surface area contributed by atoms with Gasteiger partial charge in [0.2, 0.25) is 0 Å². The fourth-order valence-corrected chi connectivity index (χ4v) is 3.42. The van der Waals surface area contributed by atoms with Crippen LogP contribution in [0.3, 0.4) is 0 Å². The molecule has 0 atom stereocenters. The number of amides is 1. The Morgan fingerprint density at radius 1 is 1.25 bits per heavy atom. The van der Waals surface area contributed by atoms with Crippen molar-refractivity contribution in [3.8, 4) is 16.9 Å². The van der Waals surface area contributed by atoms with Gasteiger partial charge in [-0.25, -0.2) is 0 Å². The molecule has 1 aromatic carbocycles. The fraction of sp³-hybridized carbons (Fsp3) is 0.333. The largest absolute Gasteiger partial charge is 0.497 e. The third-order valence-electron chi connectivity index (χ3n) is 3.72. The van der Waals surface area contributed by atoms with Gasteiger partial charge in [-0.05, 0) is 50.1 Å². The molecule has 1 aromatic heterocycles. The van der Waals surface area contributed by atoms with E-state index in [0.717, 1.165) is 21.8 Å². The highest BCUT2D eigenvalue weighted by Gasteiger charge is 2.23. The van der Waals surface area contributed by atoms with Crippen LogP contribution in [0.25, 0.3) is 11.1 Å². The molecule has 0 unspecified atom stereocenters. The molecule has 0 fully saturated rings. The van der Waals surface area contributed by atoms with E-state index in [2.05, 4.69) is 0 Å². The van der Waals surface area contributed by atoms with Crippen molar-refractivity contribution in [1.82, 2.24) is 4.90 Å². The van der Waals surface area contributed by atoms with Gasteiger partial charge in [-0.15, -0.1) is 11.3 Å². The number of carboxylic acid groups (broad SMARTS) is 1. The van der Waals surface area contributed by atoms with Crippen molar-refractivity contribution in [3.63, 3.8) is 0 Å². The molecule has 6 heteroatoms. The molecule has 1 heterocycles. The molecule has 128 valence electrons. The number of nitrogens with zero attached hydrogens (tertiary/aromatic N) is 1. The maximum Gasteiger partial charge on any atom is 0.323 e. The van der Waals surface area contributed by atoms with Crippen molar-refractivity contribution in [1.29, 1.82) is 0 Å². The van der Waals surface area contributed by atoms with Crippen LogP contribution in [0.5, 0.6) is 5.75 Å². The smallest absolute Gasteiger partial charge is 0.323 e. The van der Waals surface area contributed by atoms with Crippen molar-refractivity contribution >= 4 is 23.2 Å². The Kier molecular flexibility index (Phi) is 5.62. The number of thiophene rings is 1. The van der Waals surface area contributed by atoms with Gasteiger partial charge in [0.1, 0.15) is 12.3 Å². The number of hydrogen-bond acceptors (Lipinski definition) is 4. The van der Waals surface area contributed by atoms with E-state index in [-0.39, 0.29) is 18.5 Å². The standard InChI is InChI=1S/C18H21NO4S/c1-11(2)19(10-17(20)21)18(22)16-9-15(12(3)24-16)13-5-7-14(23-4)8-6-13/h5-9,11H,10H2,1-4H3,(H,20,21). The highest BCUT2D eigenvalue weighted by Crippen LogP contribution is 2.32. The molecular formula is C18H21NO4S. The predicted molar refractivity (Wildman–Crippen MR) is 94.9 cm³/mol. The number of methoxy groups -OCH3 is 1. The first-order valence-corrected chi connectivity index (χ1v) is 8.42. The molecule has 0 saturated carbocycles. The molecule has 24 heavy (non-hydrogen) atoms. The summed E-state index contributed by atoms with van der Waals surface area (Å²) in [6.45, 7) is 5.28. The SMILES string of the molecule is COc1ccc(-c2cc(C(=O)N(CC(=O)O)C(C)C)sc2C)cc1. The molecule has 0 aliphatic rings. The Morgan fingerprint density at radius 2 is 1.88 bits per heavy atom. The molecule has 0 radical (unpaired) electrons. The van der Waals surface area contributed by atoms with Gasteiger partial charge in [-0.1, -0.05) is 12.1 Å². The van der Waals surface area contributed by atoms with Crippen LogP contribution in [0, 0.1) is 6.92 Å². The molecule has 0 bridgehead atoms. The predicted octanol–water partition coefficient (Wildman–Crippen LogP) is 3.67. The summed E-state index contributed by atoms with van der Waals surface area (Å²) in [6, 6.07) is 9.29. The van der Waals surface area contributed by atoms with Gasteiger partial charge in [-0.2, -0.15) is 0 Å². The number of rotatable bonds is 6. The monoisotopic (exact) mass is 347 g/mol. The van der Waals surface area contributed by atoms with Crippen LogP contribution >= 0.6 is 11.3 Å². The molecule has 0 spiro atoms. The summed E-state index contributed by atoms with van der Waals surface area (Å²) < 4.78 is 5.16. The first-order chi connectivity index (χ1) is 11.3. The van der Waals surface area contributed by atoms with E-state index in [9.17, 15) is 9.59 Å². The summed E-state index contributed by atoms with van der Waals surface area (Å²) in [5.41, 5.74) is 1.97. The molecule has 0 aliphatic heterocycles. The second-order valence-electron chi connectivity index (χ2n) is 5.73. The number of hydrogen-bond donors (Lipinski definition) is 1. The van der Waals surface area contributed by atoms with Crippen LogP contribution in [-0.2, 0) is 4.79 Å². The van der Waals surface area contributed by atoms with E-state index in [1.54, 1.807) is 7.11 Å². The molecule has 2 aromatic rings. The quantitative estimate of drug-likeness (QED) is 0.866. The maximum atomic E-state index is 12.7. The van der Waals surface area contributed by atoms with Crippen LogP contribution in [0.15, 0.2) is 30.3 Å². The first-order valence-electron chi connectivity index (χ1n) is 7.61. The Labute approximate surface area is 145 Å². The number of aryl methyl sites for hydroxylation is 1. The van der Waals surface area contributed by atoms with E-state index in [1.807, 2.05) is 51.1 Å². The van der Waals surface area contributed by atoms with Gasteiger partial charge >= 0.3 is 5.97 Å². The number of carbonyl (C=O) groups excluding carboxylic acids is 1. The van der Waals surface area contributed by atoms with Gasteiger partial charge < -0.3 is 14.7 Å². The summed E-state index contributed by atoms with van der Waals surface area (Å²) >= 11 is 1.38. The Bertz CT molecular complexity index is 734. The summed E-state index contributed by atoms with van der Waals surface area (Å²) in [4.78, 5) is 26.6. The average Bonchev–Trinajstić information content (AvgIpc) is 2.93. The maximum absolute atomic E-state index is 12.7. The highest BCUT2D eigenvalue weighted by atomic mass is 32.1. The molecule has 1 N–H and O–H groups in total. The second kappa shape index (κ2) is 7.49.